The molecule has 14 heavy (non-hydrogen) atoms. The second-order valence-electron chi connectivity index (χ2n) is 3.84. The highest BCUT2D eigenvalue weighted by Crippen LogP contribution is 2.03. The van der Waals surface area contributed by atoms with E-state index in [9.17, 15) is 8.42 Å². The topological polar surface area (TPSA) is 46.2 Å². The fourth-order valence-corrected chi connectivity index (χ4v) is 2.76. The van der Waals surface area contributed by atoms with Crippen molar-refractivity contribution < 1.29 is 8.42 Å². The third kappa shape index (κ3) is 7.33. The lowest BCUT2D eigenvalue weighted by Crippen LogP contribution is -2.22. The molecule has 1 atom stereocenters. The SMILES string of the molecule is CCCCS(=O)(=O)CCCC(C)NC. The summed E-state index contributed by atoms with van der Waals surface area (Å²) in [4.78, 5) is 0. The van der Waals surface area contributed by atoms with Gasteiger partial charge >= 0.3 is 0 Å². The molecular formula is C10H23NO2S. The first kappa shape index (κ1) is 13.9. The van der Waals surface area contributed by atoms with E-state index in [4.69, 9.17) is 0 Å². The number of hydrogen-bond donors (Lipinski definition) is 1. The first-order valence-electron chi connectivity index (χ1n) is 5.39. The van der Waals surface area contributed by atoms with Crippen LogP contribution in [0.3, 0.4) is 0 Å². The molecule has 0 fully saturated rings. The lowest BCUT2D eigenvalue weighted by atomic mass is 10.2. The van der Waals surface area contributed by atoms with Gasteiger partial charge in [0.25, 0.3) is 0 Å². The van der Waals surface area contributed by atoms with Gasteiger partial charge in [0.15, 0.2) is 0 Å². The molecule has 86 valence electrons. The van der Waals surface area contributed by atoms with E-state index in [1.807, 2.05) is 14.0 Å². The highest BCUT2D eigenvalue weighted by Gasteiger charge is 2.10. The monoisotopic (exact) mass is 221 g/mol. The van der Waals surface area contributed by atoms with Gasteiger partial charge in [0.2, 0.25) is 0 Å². The van der Waals surface area contributed by atoms with Gasteiger partial charge in [-0.15, -0.1) is 0 Å². The molecule has 0 aromatic heterocycles. The summed E-state index contributed by atoms with van der Waals surface area (Å²) in [6, 6.07) is 0.413. The van der Waals surface area contributed by atoms with Crippen molar-refractivity contribution in [2.75, 3.05) is 18.6 Å². The summed E-state index contributed by atoms with van der Waals surface area (Å²) in [6.45, 7) is 4.08. The molecule has 0 aliphatic rings. The smallest absolute Gasteiger partial charge is 0.150 e. The van der Waals surface area contributed by atoms with Crippen molar-refractivity contribution in [2.45, 2.75) is 45.6 Å². The van der Waals surface area contributed by atoms with Crippen molar-refractivity contribution in [3.8, 4) is 0 Å². The fraction of sp³-hybridized carbons (Fsp3) is 1.00. The summed E-state index contributed by atoms with van der Waals surface area (Å²) in [5.41, 5.74) is 0. The largest absolute Gasteiger partial charge is 0.317 e. The Morgan fingerprint density at radius 1 is 1.21 bits per heavy atom. The summed E-state index contributed by atoms with van der Waals surface area (Å²) < 4.78 is 22.9. The number of unbranched alkanes of at least 4 members (excludes halogenated alkanes) is 1. The lowest BCUT2D eigenvalue weighted by molar-refractivity contribution is 0.547. The maximum atomic E-state index is 11.4. The van der Waals surface area contributed by atoms with Crippen LogP contribution in [0.4, 0.5) is 0 Å². The van der Waals surface area contributed by atoms with Gasteiger partial charge in [-0.1, -0.05) is 13.3 Å². The highest BCUT2D eigenvalue weighted by molar-refractivity contribution is 7.91. The zero-order chi connectivity index (χ0) is 11.0. The molecule has 0 saturated heterocycles. The molecule has 0 bridgehead atoms. The molecule has 0 rings (SSSR count). The Labute approximate surface area is 88.2 Å². The Balaban J connectivity index is 3.66. The van der Waals surface area contributed by atoms with Crippen LogP contribution < -0.4 is 5.32 Å². The first-order chi connectivity index (χ1) is 6.52. The first-order valence-corrected chi connectivity index (χ1v) is 7.21. The van der Waals surface area contributed by atoms with Crippen molar-refractivity contribution in [2.24, 2.45) is 0 Å². The van der Waals surface area contributed by atoms with Crippen LogP contribution in [0, 0.1) is 0 Å². The van der Waals surface area contributed by atoms with Crippen LogP contribution in [0.25, 0.3) is 0 Å². The number of rotatable bonds is 8. The number of nitrogens with one attached hydrogen (secondary N) is 1. The van der Waals surface area contributed by atoms with Crippen LogP contribution in [-0.2, 0) is 9.84 Å². The Morgan fingerprint density at radius 3 is 2.29 bits per heavy atom. The van der Waals surface area contributed by atoms with Gasteiger partial charge < -0.3 is 5.32 Å². The molecule has 0 heterocycles. The minimum absolute atomic E-state index is 0.346. The molecule has 3 nitrogen and oxygen atoms in total. The summed E-state index contributed by atoms with van der Waals surface area (Å²) >= 11 is 0. The van der Waals surface area contributed by atoms with Crippen LogP contribution in [0.15, 0.2) is 0 Å². The van der Waals surface area contributed by atoms with Crippen LogP contribution in [0.5, 0.6) is 0 Å². The molecule has 1 unspecified atom stereocenters. The van der Waals surface area contributed by atoms with E-state index in [1.54, 1.807) is 0 Å². The quantitative estimate of drug-likeness (QED) is 0.677. The normalized spacial score (nSPS) is 14.2. The molecule has 0 spiro atoms. The third-order valence-corrected chi connectivity index (χ3v) is 4.22. The fourth-order valence-electron chi connectivity index (χ4n) is 1.22. The molecule has 0 amide bonds. The van der Waals surface area contributed by atoms with Crippen molar-refractivity contribution >= 4 is 9.84 Å². The van der Waals surface area contributed by atoms with Gasteiger partial charge in [0.05, 0.1) is 11.5 Å². The van der Waals surface area contributed by atoms with Crippen LogP contribution in [0.2, 0.25) is 0 Å². The molecule has 0 aromatic rings. The minimum Gasteiger partial charge on any atom is -0.317 e. The lowest BCUT2D eigenvalue weighted by Gasteiger charge is -2.09. The Hall–Kier alpha value is -0.0900. The summed E-state index contributed by atoms with van der Waals surface area (Å²) in [5, 5.41) is 3.10. The Bertz CT molecular complexity index is 224. The van der Waals surface area contributed by atoms with E-state index in [0.717, 1.165) is 25.7 Å². The van der Waals surface area contributed by atoms with Crippen molar-refractivity contribution in [3.63, 3.8) is 0 Å². The maximum Gasteiger partial charge on any atom is 0.150 e. The average Bonchev–Trinajstić information content (AvgIpc) is 2.14. The van der Waals surface area contributed by atoms with Gasteiger partial charge in [-0.25, -0.2) is 8.42 Å². The summed E-state index contributed by atoms with van der Waals surface area (Å²) in [7, 11) is -0.876. The molecule has 4 heteroatoms. The van der Waals surface area contributed by atoms with Crippen LogP contribution in [0.1, 0.15) is 39.5 Å². The zero-order valence-corrected chi connectivity index (χ0v) is 10.4. The maximum absolute atomic E-state index is 11.4. The van der Waals surface area contributed by atoms with Crippen LogP contribution >= 0.6 is 0 Å². The number of sulfone groups is 1. The molecule has 0 aliphatic heterocycles. The summed E-state index contributed by atoms with van der Waals surface area (Å²) in [5.74, 6) is 0.705. The highest BCUT2D eigenvalue weighted by atomic mass is 32.2. The average molecular weight is 221 g/mol. The Morgan fingerprint density at radius 2 is 1.79 bits per heavy atom. The van der Waals surface area contributed by atoms with Crippen LogP contribution in [-0.4, -0.2) is 33.0 Å². The Kier molecular flexibility index (Phi) is 7.19. The van der Waals surface area contributed by atoms with Crippen molar-refractivity contribution in [1.82, 2.24) is 5.32 Å². The van der Waals surface area contributed by atoms with Gasteiger partial charge in [-0.3, -0.25) is 0 Å². The molecule has 1 N–H and O–H groups in total. The van der Waals surface area contributed by atoms with E-state index in [0.29, 0.717) is 17.5 Å². The standard InChI is InChI=1S/C10H23NO2S/c1-4-5-8-14(12,13)9-6-7-10(2)11-3/h10-11H,4-9H2,1-3H3. The molecule has 0 radical (unpaired) electrons. The van der Waals surface area contributed by atoms with E-state index < -0.39 is 9.84 Å². The third-order valence-electron chi connectivity index (χ3n) is 2.39. The zero-order valence-electron chi connectivity index (χ0n) is 9.54. The van der Waals surface area contributed by atoms with Gasteiger partial charge in [-0.2, -0.15) is 0 Å². The predicted molar refractivity (Wildman–Crippen MR) is 61.3 cm³/mol. The van der Waals surface area contributed by atoms with Gasteiger partial charge in [0.1, 0.15) is 9.84 Å². The summed E-state index contributed by atoms with van der Waals surface area (Å²) in [6.07, 6.45) is 3.45. The molecular weight excluding hydrogens is 198 g/mol. The van der Waals surface area contributed by atoms with Gasteiger partial charge in [-0.05, 0) is 33.2 Å². The van der Waals surface area contributed by atoms with Gasteiger partial charge in [0, 0.05) is 6.04 Å². The number of hydrogen-bond acceptors (Lipinski definition) is 3. The molecule has 0 saturated carbocycles. The van der Waals surface area contributed by atoms with Crippen molar-refractivity contribution in [3.05, 3.63) is 0 Å². The second-order valence-corrected chi connectivity index (χ2v) is 6.14. The minimum atomic E-state index is -2.78. The van der Waals surface area contributed by atoms with E-state index >= 15 is 0 Å². The van der Waals surface area contributed by atoms with E-state index in [1.165, 1.54) is 0 Å². The molecule has 0 aliphatic carbocycles. The van der Waals surface area contributed by atoms with E-state index in [-0.39, 0.29) is 0 Å². The molecule has 0 aromatic carbocycles. The van der Waals surface area contributed by atoms with Crippen molar-refractivity contribution in [1.29, 1.82) is 0 Å². The van der Waals surface area contributed by atoms with E-state index in [2.05, 4.69) is 12.2 Å². The second kappa shape index (κ2) is 7.23. The predicted octanol–water partition coefficient (Wildman–Crippen LogP) is 1.59.